The van der Waals surface area contributed by atoms with Gasteiger partial charge in [0.05, 0.1) is 5.69 Å². The molecule has 88 valence electrons. The number of nitrogens with zero attached hydrogens (tertiary/aromatic N) is 1. The van der Waals surface area contributed by atoms with Crippen molar-refractivity contribution < 1.29 is 4.39 Å². The monoisotopic (exact) mass is 223 g/mol. The van der Waals surface area contributed by atoms with E-state index in [4.69, 9.17) is 0 Å². The van der Waals surface area contributed by atoms with Gasteiger partial charge in [-0.1, -0.05) is 6.07 Å². The van der Waals surface area contributed by atoms with Crippen LogP contribution in [-0.4, -0.2) is 38.1 Å². The Labute approximate surface area is 95.6 Å². The summed E-state index contributed by atoms with van der Waals surface area (Å²) < 4.78 is 13.5. The normalized spacial score (nSPS) is 17.4. The molecule has 1 aliphatic heterocycles. The molecule has 0 saturated carbocycles. The second-order valence-electron chi connectivity index (χ2n) is 4.09. The molecule has 4 heteroatoms. The summed E-state index contributed by atoms with van der Waals surface area (Å²) in [6.07, 6.45) is 0. The lowest BCUT2D eigenvalue weighted by Gasteiger charge is -2.27. The molecule has 0 spiro atoms. The minimum absolute atomic E-state index is 0.171. The van der Waals surface area contributed by atoms with Crippen LogP contribution >= 0.6 is 0 Å². The van der Waals surface area contributed by atoms with Crippen molar-refractivity contribution in [3.63, 3.8) is 0 Å². The van der Waals surface area contributed by atoms with Gasteiger partial charge in [0, 0.05) is 39.8 Å². The fraction of sp³-hybridized carbons (Fsp3) is 0.500. The summed E-state index contributed by atoms with van der Waals surface area (Å²) in [5, 5.41) is 6.13. The lowest BCUT2D eigenvalue weighted by molar-refractivity contribution is 0.233. The van der Waals surface area contributed by atoms with Gasteiger partial charge in [0.2, 0.25) is 0 Å². The third-order valence-electron chi connectivity index (χ3n) is 2.92. The third kappa shape index (κ3) is 2.71. The van der Waals surface area contributed by atoms with Gasteiger partial charge in [0.25, 0.3) is 0 Å². The van der Waals surface area contributed by atoms with Crippen molar-refractivity contribution >= 4 is 5.69 Å². The highest BCUT2D eigenvalue weighted by atomic mass is 19.1. The maximum Gasteiger partial charge on any atom is 0.146 e. The lowest BCUT2D eigenvalue weighted by atomic mass is 10.1. The highest BCUT2D eigenvalue weighted by Gasteiger charge is 2.10. The Bertz CT molecular complexity index is 348. The number of rotatable bonds is 3. The summed E-state index contributed by atoms with van der Waals surface area (Å²) in [6.45, 7) is 4.96. The van der Waals surface area contributed by atoms with Gasteiger partial charge in [0.1, 0.15) is 5.82 Å². The number of nitrogens with one attached hydrogen (secondary N) is 2. The Hall–Kier alpha value is -1.13. The minimum Gasteiger partial charge on any atom is -0.386 e. The third-order valence-corrected chi connectivity index (χ3v) is 2.92. The molecule has 0 aliphatic carbocycles. The van der Waals surface area contributed by atoms with Crippen molar-refractivity contribution in [3.05, 3.63) is 29.6 Å². The van der Waals surface area contributed by atoms with Gasteiger partial charge >= 0.3 is 0 Å². The SMILES string of the molecule is CNc1ccc(CN2CCNCC2)cc1F. The summed E-state index contributed by atoms with van der Waals surface area (Å²) in [5.74, 6) is -0.171. The Morgan fingerprint density at radius 1 is 1.38 bits per heavy atom. The van der Waals surface area contributed by atoms with Crippen molar-refractivity contribution in [2.75, 3.05) is 38.5 Å². The van der Waals surface area contributed by atoms with Gasteiger partial charge in [-0.3, -0.25) is 4.90 Å². The topological polar surface area (TPSA) is 27.3 Å². The molecule has 1 aliphatic rings. The molecule has 2 rings (SSSR count). The molecule has 1 aromatic carbocycles. The van der Waals surface area contributed by atoms with Crippen LogP contribution in [0, 0.1) is 5.82 Å². The number of anilines is 1. The Morgan fingerprint density at radius 3 is 2.75 bits per heavy atom. The molecule has 1 aromatic rings. The minimum atomic E-state index is -0.171. The predicted octanol–water partition coefficient (Wildman–Crippen LogP) is 1.27. The van der Waals surface area contributed by atoms with E-state index in [2.05, 4.69) is 15.5 Å². The van der Waals surface area contributed by atoms with Gasteiger partial charge in [-0.25, -0.2) is 4.39 Å². The smallest absolute Gasteiger partial charge is 0.146 e. The predicted molar refractivity (Wildman–Crippen MR) is 64.1 cm³/mol. The zero-order valence-corrected chi connectivity index (χ0v) is 9.59. The van der Waals surface area contributed by atoms with E-state index in [-0.39, 0.29) is 5.82 Å². The first kappa shape index (κ1) is 11.4. The van der Waals surface area contributed by atoms with Crippen LogP contribution in [0.4, 0.5) is 10.1 Å². The zero-order valence-electron chi connectivity index (χ0n) is 9.59. The van der Waals surface area contributed by atoms with Crippen LogP contribution in [0.15, 0.2) is 18.2 Å². The van der Waals surface area contributed by atoms with Crippen LogP contribution in [-0.2, 0) is 6.54 Å². The number of hydrogen-bond donors (Lipinski definition) is 2. The molecular formula is C12H18FN3. The van der Waals surface area contributed by atoms with Crippen molar-refractivity contribution in [3.8, 4) is 0 Å². The highest BCUT2D eigenvalue weighted by Crippen LogP contribution is 2.16. The molecule has 0 bridgehead atoms. The van der Waals surface area contributed by atoms with E-state index in [1.807, 2.05) is 6.07 Å². The molecule has 3 nitrogen and oxygen atoms in total. The van der Waals surface area contributed by atoms with Crippen LogP contribution in [0.2, 0.25) is 0 Å². The zero-order chi connectivity index (χ0) is 11.4. The fourth-order valence-electron chi connectivity index (χ4n) is 1.99. The number of benzene rings is 1. The van der Waals surface area contributed by atoms with E-state index in [1.165, 1.54) is 0 Å². The molecule has 0 radical (unpaired) electrons. The van der Waals surface area contributed by atoms with E-state index in [9.17, 15) is 4.39 Å². The molecular weight excluding hydrogens is 205 g/mol. The first-order chi connectivity index (χ1) is 7.79. The fourth-order valence-corrected chi connectivity index (χ4v) is 1.99. The largest absolute Gasteiger partial charge is 0.386 e. The molecule has 0 amide bonds. The van der Waals surface area contributed by atoms with Crippen molar-refractivity contribution in [1.82, 2.24) is 10.2 Å². The van der Waals surface area contributed by atoms with E-state index in [0.717, 1.165) is 38.3 Å². The standard InChI is InChI=1S/C12H18FN3/c1-14-12-3-2-10(8-11(12)13)9-16-6-4-15-5-7-16/h2-3,8,14-15H,4-7,9H2,1H3. The molecule has 1 heterocycles. The van der Waals surface area contributed by atoms with E-state index in [1.54, 1.807) is 19.2 Å². The van der Waals surface area contributed by atoms with Gasteiger partial charge in [-0.2, -0.15) is 0 Å². The lowest BCUT2D eigenvalue weighted by Crippen LogP contribution is -2.42. The van der Waals surface area contributed by atoms with Crippen molar-refractivity contribution in [2.45, 2.75) is 6.54 Å². The summed E-state index contributed by atoms with van der Waals surface area (Å²) >= 11 is 0. The molecule has 1 fully saturated rings. The Morgan fingerprint density at radius 2 is 2.12 bits per heavy atom. The van der Waals surface area contributed by atoms with Crippen LogP contribution in [0.1, 0.15) is 5.56 Å². The van der Waals surface area contributed by atoms with Crippen LogP contribution in [0.5, 0.6) is 0 Å². The van der Waals surface area contributed by atoms with Crippen LogP contribution < -0.4 is 10.6 Å². The number of halogens is 1. The molecule has 0 atom stereocenters. The van der Waals surface area contributed by atoms with Gasteiger partial charge in [-0.05, 0) is 17.7 Å². The van der Waals surface area contributed by atoms with Gasteiger partial charge in [0.15, 0.2) is 0 Å². The maximum atomic E-state index is 13.5. The average Bonchev–Trinajstić information content (AvgIpc) is 2.31. The first-order valence-corrected chi connectivity index (χ1v) is 5.69. The Kier molecular flexibility index (Phi) is 3.74. The highest BCUT2D eigenvalue weighted by molar-refractivity contribution is 5.45. The number of hydrogen-bond acceptors (Lipinski definition) is 3. The molecule has 2 N–H and O–H groups in total. The summed E-state index contributed by atoms with van der Waals surface area (Å²) in [5.41, 5.74) is 1.60. The second-order valence-corrected chi connectivity index (χ2v) is 4.09. The Balaban J connectivity index is 2.01. The second kappa shape index (κ2) is 5.27. The van der Waals surface area contributed by atoms with Gasteiger partial charge < -0.3 is 10.6 Å². The molecule has 1 saturated heterocycles. The first-order valence-electron chi connectivity index (χ1n) is 5.69. The summed E-state index contributed by atoms with van der Waals surface area (Å²) in [4.78, 5) is 2.34. The average molecular weight is 223 g/mol. The summed E-state index contributed by atoms with van der Waals surface area (Å²) in [7, 11) is 1.73. The molecule has 0 aromatic heterocycles. The summed E-state index contributed by atoms with van der Waals surface area (Å²) in [6, 6.07) is 5.40. The van der Waals surface area contributed by atoms with Crippen LogP contribution in [0.3, 0.4) is 0 Å². The maximum absolute atomic E-state index is 13.5. The van der Waals surface area contributed by atoms with E-state index >= 15 is 0 Å². The van der Waals surface area contributed by atoms with E-state index in [0.29, 0.717) is 5.69 Å². The van der Waals surface area contributed by atoms with Crippen molar-refractivity contribution in [2.24, 2.45) is 0 Å². The quantitative estimate of drug-likeness (QED) is 0.808. The van der Waals surface area contributed by atoms with Crippen LogP contribution in [0.25, 0.3) is 0 Å². The molecule has 16 heavy (non-hydrogen) atoms. The number of piperazine rings is 1. The molecule has 0 unspecified atom stereocenters. The van der Waals surface area contributed by atoms with Crippen molar-refractivity contribution in [1.29, 1.82) is 0 Å². The van der Waals surface area contributed by atoms with Gasteiger partial charge in [-0.15, -0.1) is 0 Å². The van der Waals surface area contributed by atoms with E-state index < -0.39 is 0 Å².